The molecule has 0 fully saturated rings. The van der Waals surface area contributed by atoms with Gasteiger partial charge in [-0.1, -0.05) is 39.7 Å². The predicted octanol–water partition coefficient (Wildman–Crippen LogP) is 4.48. The van der Waals surface area contributed by atoms with E-state index in [1.807, 2.05) is 0 Å². The lowest BCUT2D eigenvalue weighted by Gasteiger charge is -2.28. The van der Waals surface area contributed by atoms with Crippen molar-refractivity contribution in [1.29, 1.82) is 0 Å². The van der Waals surface area contributed by atoms with Crippen LogP contribution in [0.15, 0.2) is 18.2 Å². The van der Waals surface area contributed by atoms with E-state index in [0.29, 0.717) is 12.0 Å². The maximum atomic E-state index is 5.30. The van der Waals surface area contributed by atoms with Crippen molar-refractivity contribution in [2.75, 3.05) is 13.7 Å². The third kappa shape index (κ3) is 4.24. The Hall–Kier alpha value is -1.02. The molecule has 0 amide bonds. The van der Waals surface area contributed by atoms with Crippen molar-refractivity contribution < 1.29 is 4.74 Å². The van der Waals surface area contributed by atoms with Gasteiger partial charge in [0.15, 0.2) is 0 Å². The highest BCUT2D eigenvalue weighted by molar-refractivity contribution is 5.37. The van der Waals surface area contributed by atoms with E-state index < -0.39 is 0 Å². The lowest BCUT2D eigenvalue weighted by atomic mass is 9.86. The zero-order chi connectivity index (χ0) is 14.3. The first-order valence-corrected chi connectivity index (χ1v) is 7.55. The Morgan fingerprint density at radius 3 is 2.32 bits per heavy atom. The SMILES string of the molecule is CCCNC(c1ccc(OC)cc1C)C(CC)CC. The molecule has 0 heterocycles. The maximum Gasteiger partial charge on any atom is 0.119 e. The Labute approximate surface area is 118 Å². The van der Waals surface area contributed by atoms with Crippen LogP contribution in [0.3, 0.4) is 0 Å². The molecule has 0 aliphatic rings. The molecule has 1 aromatic rings. The van der Waals surface area contributed by atoms with Crippen LogP contribution in [0.5, 0.6) is 5.75 Å². The number of nitrogens with one attached hydrogen (secondary N) is 1. The van der Waals surface area contributed by atoms with E-state index in [0.717, 1.165) is 12.3 Å². The fourth-order valence-corrected chi connectivity index (χ4v) is 2.71. The summed E-state index contributed by atoms with van der Waals surface area (Å²) in [5.74, 6) is 1.64. The number of benzene rings is 1. The second kappa shape index (κ2) is 8.21. The van der Waals surface area contributed by atoms with Gasteiger partial charge in [-0.2, -0.15) is 0 Å². The highest BCUT2D eigenvalue weighted by Crippen LogP contribution is 2.31. The van der Waals surface area contributed by atoms with Crippen LogP contribution in [0, 0.1) is 12.8 Å². The van der Waals surface area contributed by atoms with Crippen LogP contribution in [0.2, 0.25) is 0 Å². The van der Waals surface area contributed by atoms with Crippen LogP contribution in [-0.2, 0) is 0 Å². The van der Waals surface area contributed by atoms with Gasteiger partial charge in [-0.15, -0.1) is 0 Å². The molecule has 2 heteroatoms. The number of methoxy groups -OCH3 is 1. The summed E-state index contributed by atoms with van der Waals surface area (Å²) in [5.41, 5.74) is 2.74. The van der Waals surface area contributed by atoms with E-state index in [1.54, 1.807) is 7.11 Å². The summed E-state index contributed by atoms with van der Waals surface area (Å²) in [4.78, 5) is 0. The van der Waals surface area contributed by atoms with Crippen molar-refractivity contribution in [2.45, 2.75) is 53.0 Å². The first-order chi connectivity index (χ1) is 9.17. The molecule has 1 atom stereocenters. The molecule has 0 saturated heterocycles. The average Bonchev–Trinajstić information content (AvgIpc) is 2.44. The van der Waals surface area contributed by atoms with E-state index in [2.05, 4.69) is 51.2 Å². The number of rotatable bonds is 8. The molecule has 0 aliphatic heterocycles. The highest BCUT2D eigenvalue weighted by atomic mass is 16.5. The molecule has 19 heavy (non-hydrogen) atoms. The van der Waals surface area contributed by atoms with Gasteiger partial charge in [-0.05, 0) is 49.1 Å². The zero-order valence-corrected chi connectivity index (χ0v) is 13.1. The molecule has 1 unspecified atom stereocenters. The summed E-state index contributed by atoms with van der Waals surface area (Å²) in [5, 5.41) is 3.73. The smallest absolute Gasteiger partial charge is 0.119 e. The number of hydrogen-bond acceptors (Lipinski definition) is 2. The van der Waals surface area contributed by atoms with Gasteiger partial charge >= 0.3 is 0 Å². The van der Waals surface area contributed by atoms with Crippen molar-refractivity contribution in [2.24, 2.45) is 5.92 Å². The molecule has 0 aromatic heterocycles. The largest absolute Gasteiger partial charge is 0.497 e. The normalized spacial score (nSPS) is 12.7. The Bertz CT molecular complexity index is 372. The van der Waals surface area contributed by atoms with Crippen molar-refractivity contribution in [3.63, 3.8) is 0 Å². The molecule has 2 nitrogen and oxygen atoms in total. The van der Waals surface area contributed by atoms with Crippen LogP contribution in [-0.4, -0.2) is 13.7 Å². The minimum atomic E-state index is 0.459. The van der Waals surface area contributed by atoms with Crippen molar-refractivity contribution >= 4 is 0 Å². The van der Waals surface area contributed by atoms with Gasteiger partial charge in [0.25, 0.3) is 0 Å². The van der Waals surface area contributed by atoms with Crippen LogP contribution in [0.25, 0.3) is 0 Å². The minimum Gasteiger partial charge on any atom is -0.497 e. The summed E-state index contributed by atoms with van der Waals surface area (Å²) in [6.45, 7) is 10.0. The topological polar surface area (TPSA) is 21.3 Å². The lowest BCUT2D eigenvalue weighted by molar-refractivity contribution is 0.340. The van der Waals surface area contributed by atoms with Gasteiger partial charge in [0.1, 0.15) is 5.75 Å². The van der Waals surface area contributed by atoms with Crippen molar-refractivity contribution in [3.8, 4) is 5.75 Å². The monoisotopic (exact) mass is 263 g/mol. The van der Waals surface area contributed by atoms with Crippen molar-refractivity contribution in [3.05, 3.63) is 29.3 Å². The number of aryl methyl sites for hydroxylation is 1. The second-order valence-corrected chi connectivity index (χ2v) is 5.23. The third-order valence-electron chi connectivity index (χ3n) is 3.95. The van der Waals surface area contributed by atoms with Gasteiger partial charge < -0.3 is 10.1 Å². The lowest BCUT2D eigenvalue weighted by Crippen LogP contribution is -2.29. The average molecular weight is 263 g/mol. The standard InChI is InChI=1S/C17H29NO/c1-6-11-18-17(14(7-2)8-3)16-10-9-15(19-5)12-13(16)4/h9-10,12,14,17-18H,6-8,11H2,1-5H3. The van der Waals surface area contributed by atoms with E-state index in [4.69, 9.17) is 4.74 Å². The number of hydrogen-bond donors (Lipinski definition) is 1. The second-order valence-electron chi connectivity index (χ2n) is 5.23. The Morgan fingerprint density at radius 1 is 1.16 bits per heavy atom. The van der Waals surface area contributed by atoms with E-state index >= 15 is 0 Å². The van der Waals surface area contributed by atoms with Crippen LogP contribution >= 0.6 is 0 Å². The molecular weight excluding hydrogens is 234 g/mol. The summed E-state index contributed by atoms with van der Waals surface area (Å²) in [6, 6.07) is 6.89. The molecule has 0 bridgehead atoms. The fourth-order valence-electron chi connectivity index (χ4n) is 2.71. The van der Waals surface area contributed by atoms with Crippen LogP contribution < -0.4 is 10.1 Å². The summed E-state index contributed by atoms with van der Waals surface area (Å²) in [7, 11) is 1.72. The highest BCUT2D eigenvalue weighted by Gasteiger charge is 2.21. The first kappa shape index (κ1) is 16.0. The van der Waals surface area contributed by atoms with Crippen LogP contribution in [0.4, 0.5) is 0 Å². The summed E-state index contributed by atoms with van der Waals surface area (Å²) >= 11 is 0. The van der Waals surface area contributed by atoms with Gasteiger partial charge in [-0.3, -0.25) is 0 Å². The molecule has 1 aromatic carbocycles. The van der Waals surface area contributed by atoms with Gasteiger partial charge in [-0.25, -0.2) is 0 Å². The molecule has 0 spiro atoms. The summed E-state index contributed by atoms with van der Waals surface area (Å²) in [6.07, 6.45) is 3.60. The molecule has 0 radical (unpaired) electrons. The molecular formula is C17H29NO. The van der Waals surface area contributed by atoms with E-state index in [9.17, 15) is 0 Å². The molecule has 1 N–H and O–H groups in total. The quantitative estimate of drug-likeness (QED) is 0.746. The van der Waals surface area contributed by atoms with Gasteiger partial charge in [0, 0.05) is 6.04 Å². The Morgan fingerprint density at radius 2 is 1.84 bits per heavy atom. The molecule has 0 saturated carbocycles. The van der Waals surface area contributed by atoms with E-state index in [-0.39, 0.29) is 0 Å². The minimum absolute atomic E-state index is 0.459. The molecule has 1 rings (SSSR count). The zero-order valence-electron chi connectivity index (χ0n) is 13.1. The fraction of sp³-hybridized carbons (Fsp3) is 0.647. The van der Waals surface area contributed by atoms with Gasteiger partial charge in [0.05, 0.1) is 7.11 Å². The third-order valence-corrected chi connectivity index (χ3v) is 3.95. The maximum absolute atomic E-state index is 5.30. The molecule has 108 valence electrons. The number of ether oxygens (including phenoxy) is 1. The molecule has 0 aliphatic carbocycles. The first-order valence-electron chi connectivity index (χ1n) is 7.55. The van der Waals surface area contributed by atoms with E-state index in [1.165, 1.54) is 30.4 Å². The summed E-state index contributed by atoms with van der Waals surface area (Å²) < 4.78 is 5.30. The van der Waals surface area contributed by atoms with Crippen molar-refractivity contribution in [1.82, 2.24) is 5.32 Å². The predicted molar refractivity (Wildman–Crippen MR) is 82.8 cm³/mol. The van der Waals surface area contributed by atoms with Gasteiger partial charge in [0.2, 0.25) is 0 Å². The van der Waals surface area contributed by atoms with Crippen LogP contribution in [0.1, 0.15) is 57.2 Å². The Balaban J connectivity index is 3.01. The Kier molecular flexibility index (Phi) is 6.93.